The van der Waals surface area contributed by atoms with Crippen LogP contribution in [0.5, 0.6) is 11.5 Å². The van der Waals surface area contributed by atoms with E-state index in [1.807, 2.05) is 33.8 Å². The molecule has 1 saturated carbocycles. The number of carbonyl (C=O) groups excluding carboxylic acids is 2. The first-order valence-corrected chi connectivity index (χ1v) is 10.9. The first-order valence-electron chi connectivity index (χ1n) is 10.9. The van der Waals surface area contributed by atoms with Crippen molar-refractivity contribution in [3.05, 3.63) is 47.1 Å². The normalized spacial score (nSPS) is 34.9. The molecule has 0 amide bonds. The van der Waals surface area contributed by atoms with Crippen LogP contribution in [0.1, 0.15) is 44.5 Å². The molecular formula is C25H28O6. The Balaban J connectivity index is 1.72. The molecule has 6 nitrogen and oxygen atoms in total. The number of carbonyl (C=O) groups is 2. The van der Waals surface area contributed by atoms with Crippen molar-refractivity contribution in [3.63, 3.8) is 0 Å². The van der Waals surface area contributed by atoms with Crippen molar-refractivity contribution >= 4 is 11.6 Å². The van der Waals surface area contributed by atoms with Crippen LogP contribution in [-0.4, -0.2) is 47.2 Å². The van der Waals surface area contributed by atoms with E-state index in [2.05, 4.69) is 0 Å². The van der Waals surface area contributed by atoms with E-state index in [1.54, 1.807) is 18.2 Å². The number of phenols is 1. The summed E-state index contributed by atoms with van der Waals surface area (Å²) in [6.07, 6.45) is 4.12. The lowest BCUT2D eigenvalue weighted by Crippen LogP contribution is -2.74. The molecule has 0 radical (unpaired) electrons. The molecule has 1 aromatic rings. The third kappa shape index (κ3) is 2.52. The lowest BCUT2D eigenvalue weighted by molar-refractivity contribution is -0.173. The number of allylic oxidation sites excluding steroid dienone is 2. The molecule has 1 N–H and O–H groups in total. The van der Waals surface area contributed by atoms with Gasteiger partial charge in [-0.3, -0.25) is 9.59 Å². The van der Waals surface area contributed by atoms with Gasteiger partial charge in [0.1, 0.15) is 17.1 Å². The molecule has 2 fully saturated rings. The Morgan fingerprint density at radius 1 is 1.32 bits per heavy atom. The van der Waals surface area contributed by atoms with Crippen molar-refractivity contribution in [2.45, 2.75) is 51.4 Å². The van der Waals surface area contributed by atoms with Crippen LogP contribution in [0.15, 0.2) is 41.5 Å². The first kappa shape index (κ1) is 20.5. The third-order valence-electron chi connectivity index (χ3n) is 7.22. The molecule has 6 rings (SSSR count). The second-order valence-corrected chi connectivity index (χ2v) is 9.56. The van der Waals surface area contributed by atoms with Crippen LogP contribution in [0.2, 0.25) is 0 Å². The van der Waals surface area contributed by atoms with Gasteiger partial charge >= 0.3 is 0 Å². The second kappa shape index (κ2) is 6.78. The second-order valence-electron chi connectivity index (χ2n) is 9.56. The molecule has 2 aliphatic heterocycles. The van der Waals surface area contributed by atoms with Crippen LogP contribution in [0, 0.1) is 17.8 Å². The average molecular weight is 424 g/mol. The van der Waals surface area contributed by atoms with Crippen molar-refractivity contribution < 1.29 is 28.9 Å². The minimum absolute atomic E-state index is 0.0286. The molecule has 164 valence electrons. The Kier molecular flexibility index (Phi) is 4.47. The summed E-state index contributed by atoms with van der Waals surface area (Å²) >= 11 is 0. The van der Waals surface area contributed by atoms with Crippen molar-refractivity contribution in [2.75, 3.05) is 13.2 Å². The molecule has 0 aromatic heterocycles. The highest BCUT2D eigenvalue weighted by molar-refractivity contribution is 6.18. The van der Waals surface area contributed by atoms with Crippen LogP contribution in [0.4, 0.5) is 0 Å². The maximum absolute atomic E-state index is 13.9. The molecule has 6 heteroatoms. The van der Waals surface area contributed by atoms with E-state index in [-0.39, 0.29) is 40.8 Å². The largest absolute Gasteiger partial charge is 0.507 e. The fourth-order valence-corrected chi connectivity index (χ4v) is 5.85. The fourth-order valence-electron chi connectivity index (χ4n) is 5.85. The molecule has 1 saturated heterocycles. The van der Waals surface area contributed by atoms with Crippen molar-refractivity contribution in [1.29, 1.82) is 0 Å². The van der Waals surface area contributed by atoms with E-state index in [1.165, 1.54) is 6.07 Å². The van der Waals surface area contributed by atoms with Gasteiger partial charge in [0.25, 0.3) is 0 Å². The van der Waals surface area contributed by atoms with Crippen molar-refractivity contribution in [3.8, 4) is 11.5 Å². The molecule has 2 heterocycles. The van der Waals surface area contributed by atoms with Gasteiger partial charge < -0.3 is 19.3 Å². The summed E-state index contributed by atoms with van der Waals surface area (Å²) in [4.78, 5) is 27.5. The Hall–Kier alpha value is -2.44. The molecule has 1 aromatic carbocycles. The number of Topliss-reactive ketones (excluding diaryl/α,β-unsaturated/α-hetero) is 2. The molecule has 31 heavy (non-hydrogen) atoms. The number of fused-ring (bicyclic) bond motifs is 1. The number of ketones is 2. The zero-order chi connectivity index (χ0) is 22.1. The number of benzene rings is 1. The quantitative estimate of drug-likeness (QED) is 0.727. The Morgan fingerprint density at radius 3 is 2.81 bits per heavy atom. The lowest BCUT2D eigenvalue weighted by atomic mass is 9.49. The van der Waals surface area contributed by atoms with Gasteiger partial charge in [-0.2, -0.15) is 0 Å². The van der Waals surface area contributed by atoms with E-state index < -0.39 is 17.1 Å². The number of hydrogen-bond acceptors (Lipinski definition) is 6. The fraction of sp³-hybridized carbons (Fsp3) is 0.520. The van der Waals surface area contributed by atoms with Crippen LogP contribution in [-0.2, 0) is 14.3 Å². The van der Waals surface area contributed by atoms with Gasteiger partial charge in [0.15, 0.2) is 22.8 Å². The van der Waals surface area contributed by atoms with Crippen molar-refractivity contribution in [2.24, 2.45) is 17.8 Å². The Morgan fingerprint density at radius 2 is 2.10 bits per heavy atom. The molecule has 1 spiro atoms. The molecule has 5 aliphatic rings. The zero-order valence-electron chi connectivity index (χ0n) is 18.3. The van der Waals surface area contributed by atoms with E-state index in [0.717, 1.165) is 5.57 Å². The maximum Gasteiger partial charge on any atom is 0.200 e. The minimum atomic E-state index is -1.25. The molecular weight excluding hydrogens is 396 g/mol. The summed E-state index contributed by atoms with van der Waals surface area (Å²) < 4.78 is 18.9. The van der Waals surface area contributed by atoms with E-state index in [4.69, 9.17) is 14.2 Å². The lowest BCUT2D eigenvalue weighted by Gasteiger charge is -2.58. The summed E-state index contributed by atoms with van der Waals surface area (Å²) in [5.41, 5.74) is -0.801. The Bertz CT molecular complexity index is 1030. The highest BCUT2D eigenvalue weighted by Gasteiger charge is 2.79. The third-order valence-corrected chi connectivity index (χ3v) is 7.22. The topological polar surface area (TPSA) is 82.1 Å². The maximum atomic E-state index is 13.9. The number of ether oxygens (including phenoxy) is 3. The molecule has 3 aliphatic carbocycles. The predicted molar refractivity (Wildman–Crippen MR) is 113 cm³/mol. The van der Waals surface area contributed by atoms with Crippen molar-refractivity contribution in [1.82, 2.24) is 0 Å². The monoisotopic (exact) mass is 424 g/mol. The van der Waals surface area contributed by atoms with E-state index in [0.29, 0.717) is 31.0 Å². The van der Waals surface area contributed by atoms with Gasteiger partial charge in [-0.15, -0.1) is 0 Å². The van der Waals surface area contributed by atoms with Crippen LogP contribution in [0.25, 0.3) is 0 Å². The number of rotatable bonds is 5. The van der Waals surface area contributed by atoms with Crippen LogP contribution in [0.3, 0.4) is 0 Å². The summed E-state index contributed by atoms with van der Waals surface area (Å²) in [6, 6.07) is 4.81. The van der Waals surface area contributed by atoms with E-state index >= 15 is 0 Å². The van der Waals surface area contributed by atoms with E-state index in [9.17, 15) is 14.7 Å². The van der Waals surface area contributed by atoms with Gasteiger partial charge in [-0.1, -0.05) is 23.8 Å². The van der Waals surface area contributed by atoms with Gasteiger partial charge in [0.2, 0.25) is 0 Å². The van der Waals surface area contributed by atoms with Gasteiger partial charge in [-0.25, -0.2) is 0 Å². The smallest absolute Gasteiger partial charge is 0.200 e. The highest BCUT2D eigenvalue weighted by Crippen LogP contribution is 2.65. The van der Waals surface area contributed by atoms with Crippen LogP contribution < -0.4 is 4.74 Å². The molecule has 0 unspecified atom stereocenters. The summed E-state index contributed by atoms with van der Waals surface area (Å²) in [5.74, 6) is -0.943. The van der Waals surface area contributed by atoms with Gasteiger partial charge in [0.05, 0.1) is 19.3 Å². The number of aromatic hydroxyl groups is 1. The summed E-state index contributed by atoms with van der Waals surface area (Å²) in [6.45, 7) is 8.60. The van der Waals surface area contributed by atoms with Crippen LogP contribution >= 0.6 is 0 Å². The Labute approximate surface area is 181 Å². The number of phenolic OH excluding ortho intramolecular Hbond substituents is 1. The minimum Gasteiger partial charge on any atom is -0.507 e. The van der Waals surface area contributed by atoms with Gasteiger partial charge in [-0.05, 0) is 39.8 Å². The zero-order valence-corrected chi connectivity index (χ0v) is 18.3. The number of hydrogen-bond donors (Lipinski definition) is 1. The molecule has 4 bridgehead atoms. The SMILES string of the molecule is CC(C)=CC[C@@]12OC[C@@H]3[C@@H](COC(C)C)[C@@H](C=C4C(=O)c5c(O)cccc5O[C@]431)C2=O. The summed E-state index contributed by atoms with van der Waals surface area (Å²) in [5, 5.41) is 10.4. The first-order chi connectivity index (χ1) is 14.7. The molecule has 5 atom stereocenters. The summed E-state index contributed by atoms with van der Waals surface area (Å²) in [7, 11) is 0. The van der Waals surface area contributed by atoms with Gasteiger partial charge in [0, 0.05) is 29.7 Å². The predicted octanol–water partition coefficient (Wildman–Crippen LogP) is 3.63. The average Bonchev–Trinajstić information content (AvgIpc) is 2.99. The highest BCUT2D eigenvalue weighted by atomic mass is 16.6. The standard InChI is InChI=1S/C25H28O6/c1-13(2)8-9-24-23(28)15-10-17-22(27)21-19(26)6-5-7-20(21)31-25(17,24)18(12-30-24)16(15)11-29-14(3)4/h5-8,10,14-16,18,26H,9,11-12H2,1-4H3/t15-,16+,18-,24+,25-/m1/s1.